The number of aromatic nitrogens is 3. The topological polar surface area (TPSA) is 59.8 Å². The average Bonchev–Trinajstić information content (AvgIpc) is 3.25. The van der Waals surface area contributed by atoms with Crippen molar-refractivity contribution >= 4 is 29.0 Å². The molecule has 7 heteroatoms. The van der Waals surface area contributed by atoms with Crippen molar-refractivity contribution < 1.29 is 4.79 Å². The van der Waals surface area contributed by atoms with Crippen LogP contribution in [0.25, 0.3) is 5.69 Å². The molecule has 1 N–H and O–H groups in total. The minimum absolute atomic E-state index is 0.00927. The summed E-state index contributed by atoms with van der Waals surface area (Å²) in [6, 6.07) is 12.2. The highest BCUT2D eigenvalue weighted by Crippen LogP contribution is 2.19. The Balaban J connectivity index is 1.50. The number of aryl methyl sites for hydroxylation is 1. The number of hydrogen-bond donors (Lipinski definition) is 1. The molecule has 0 aliphatic rings. The highest BCUT2D eigenvalue weighted by molar-refractivity contribution is 7.99. The second-order valence-corrected chi connectivity index (χ2v) is 7.26. The Morgan fingerprint density at radius 1 is 1.29 bits per heavy atom. The van der Waals surface area contributed by atoms with Gasteiger partial charge < -0.3 is 5.32 Å². The van der Waals surface area contributed by atoms with E-state index in [9.17, 15) is 4.79 Å². The van der Waals surface area contributed by atoms with Gasteiger partial charge in [-0.1, -0.05) is 35.5 Å². The Labute approximate surface area is 149 Å². The molecule has 24 heavy (non-hydrogen) atoms. The lowest BCUT2D eigenvalue weighted by Gasteiger charge is -2.07. The molecule has 0 spiro atoms. The van der Waals surface area contributed by atoms with E-state index in [1.165, 1.54) is 22.2 Å². The fourth-order valence-corrected chi connectivity index (χ4v) is 3.63. The van der Waals surface area contributed by atoms with E-state index in [0.717, 1.165) is 12.1 Å². The lowest BCUT2D eigenvalue weighted by molar-refractivity contribution is -0.118. The van der Waals surface area contributed by atoms with Gasteiger partial charge in [0.05, 0.1) is 5.75 Å². The van der Waals surface area contributed by atoms with E-state index >= 15 is 0 Å². The quantitative estimate of drug-likeness (QED) is 0.660. The first-order chi connectivity index (χ1) is 11.7. The molecular formula is C17H18N4OS2. The first-order valence-corrected chi connectivity index (χ1v) is 9.48. The summed E-state index contributed by atoms with van der Waals surface area (Å²) in [5.41, 5.74) is 2.19. The summed E-state index contributed by atoms with van der Waals surface area (Å²) in [5.74, 6) is 0.338. The number of carbonyl (C=O) groups is 1. The third-order valence-corrected chi connectivity index (χ3v) is 5.31. The van der Waals surface area contributed by atoms with Crippen LogP contribution in [0.4, 0.5) is 0 Å². The van der Waals surface area contributed by atoms with Crippen LogP contribution in [-0.4, -0.2) is 33.0 Å². The number of benzene rings is 1. The fourth-order valence-electron chi connectivity index (χ4n) is 2.17. The van der Waals surface area contributed by atoms with Crippen LogP contribution in [0.3, 0.4) is 0 Å². The van der Waals surface area contributed by atoms with Crippen LogP contribution in [0.1, 0.15) is 10.4 Å². The predicted molar refractivity (Wildman–Crippen MR) is 97.9 cm³/mol. The van der Waals surface area contributed by atoms with Crippen LogP contribution < -0.4 is 5.32 Å². The number of hydrogen-bond acceptors (Lipinski definition) is 5. The lowest BCUT2D eigenvalue weighted by Crippen LogP contribution is -2.27. The van der Waals surface area contributed by atoms with Crippen LogP contribution in [-0.2, 0) is 11.2 Å². The van der Waals surface area contributed by atoms with Crippen molar-refractivity contribution in [2.24, 2.45) is 0 Å². The molecule has 1 aromatic carbocycles. The molecule has 2 aromatic heterocycles. The highest BCUT2D eigenvalue weighted by Gasteiger charge is 2.10. The van der Waals surface area contributed by atoms with Gasteiger partial charge in [0.15, 0.2) is 5.16 Å². The SMILES string of the molecule is Cc1ccc(-n2cnnc2SCC(=O)NCCc2cccs2)cc1. The third-order valence-electron chi connectivity index (χ3n) is 3.43. The zero-order valence-electron chi connectivity index (χ0n) is 13.3. The minimum Gasteiger partial charge on any atom is -0.355 e. The highest BCUT2D eigenvalue weighted by atomic mass is 32.2. The number of rotatable bonds is 7. The van der Waals surface area contributed by atoms with Gasteiger partial charge in [0, 0.05) is 17.1 Å². The summed E-state index contributed by atoms with van der Waals surface area (Å²) in [7, 11) is 0. The number of nitrogens with one attached hydrogen (secondary N) is 1. The van der Waals surface area contributed by atoms with E-state index in [1.54, 1.807) is 17.7 Å². The largest absolute Gasteiger partial charge is 0.355 e. The van der Waals surface area contributed by atoms with E-state index in [0.29, 0.717) is 17.5 Å². The summed E-state index contributed by atoms with van der Waals surface area (Å²) in [6.07, 6.45) is 2.54. The zero-order chi connectivity index (χ0) is 16.8. The van der Waals surface area contributed by atoms with E-state index < -0.39 is 0 Å². The molecule has 0 aliphatic heterocycles. The molecule has 2 heterocycles. The Bertz CT molecular complexity index is 781. The van der Waals surface area contributed by atoms with Gasteiger partial charge in [-0.05, 0) is 36.9 Å². The van der Waals surface area contributed by atoms with Gasteiger partial charge in [0.2, 0.25) is 5.91 Å². The number of thiophene rings is 1. The number of amides is 1. The smallest absolute Gasteiger partial charge is 0.230 e. The lowest BCUT2D eigenvalue weighted by atomic mass is 10.2. The van der Waals surface area contributed by atoms with E-state index in [4.69, 9.17) is 0 Å². The fraction of sp³-hybridized carbons (Fsp3) is 0.235. The molecule has 1 amide bonds. The van der Waals surface area contributed by atoms with Crippen molar-refractivity contribution in [2.75, 3.05) is 12.3 Å². The van der Waals surface area contributed by atoms with E-state index in [-0.39, 0.29) is 5.91 Å². The van der Waals surface area contributed by atoms with Gasteiger partial charge in [0.1, 0.15) is 6.33 Å². The van der Waals surface area contributed by atoms with Crippen molar-refractivity contribution in [3.8, 4) is 5.69 Å². The van der Waals surface area contributed by atoms with Gasteiger partial charge in [-0.2, -0.15) is 0 Å². The van der Waals surface area contributed by atoms with E-state index in [1.807, 2.05) is 47.2 Å². The van der Waals surface area contributed by atoms with Crippen LogP contribution in [0, 0.1) is 6.92 Å². The summed E-state index contributed by atoms with van der Waals surface area (Å²) in [5, 5.41) is 13.8. The van der Waals surface area contributed by atoms with Crippen LogP contribution in [0.15, 0.2) is 53.3 Å². The Kier molecular flexibility index (Phi) is 5.66. The second kappa shape index (κ2) is 8.12. The van der Waals surface area contributed by atoms with Crippen LogP contribution in [0.5, 0.6) is 0 Å². The summed E-state index contributed by atoms with van der Waals surface area (Å²) < 4.78 is 1.89. The molecule has 124 valence electrons. The molecule has 0 saturated carbocycles. The molecule has 3 rings (SSSR count). The van der Waals surface area contributed by atoms with Gasteiger partial charge >= 0.3 is 0 Å². The second-order valence-electron chi connectivity index (χ2n) is 5.29. The monoisotopic (exact) mass is 358 g/mol. The van der Waals surface area contributed by atoms with Gasteiger partial charge in [-0.25, -0.2) is 0 Å². The van der Waals surface area contributed by atoms with Crippen LogP contribution in [0.2, 0.25) is 0 Å². The van der Waals surface area contributed by atoms with Gasteiger partial charge in [-0.15, -0.1) is 21.5 Å². The molecule has 0 aliphatic carbocycles. The maximum absolute atomic E-state index is 12.0. The van der Waals surface area contributed by atoms with Crippen LogP contribution >= 0.6 is 23.1 Å². The Hall–Kier alpha value is -2.12. The standard InChI is InChI=1S/C17H18N4OS2/c1-13-4-6-14(7-5-13)21-12-19-20-17(21)24-11-16(22)18-9-8-15-3-2-10-23-15/h2-7,10,12H,8-9,11H2,1H3,(H,18,22). The van der Waals surface area contributed by atoms with Crippen molar-refractivity contribution in [3.05, 3.63) is 58.5 Å². The van der Waals surface area contributed by atoms with Gasteiger partial charge in [-0.3, -0.25) is 9.36 Å². The molecule has 0 bridgehead atoms. The predicted octanol–water partition coefficient (Wildman–Crippen LogP) is 3.09. The molecule has 0 radical (unpaired) electrons. The molecule has 3 aromatic rings. The number of thioether (sulfide) groups is 1. The van der Waals surface area contributed by atoms with Gasteiger partial charge in [0.25, 0.3) is 0 Å². The first kappa shape index (κ1) is 16.7. The number of nitrogens with zero attached hydrogens (tertiary/aromatic N) is 3. The zero-order valence-corrected chi connectivity index (χ0v) is 14.9. The Morgan fingerprint density at radius 2 is 2.12 bits per heavy atom. The number of carbonyl (C=O) groups excluding carboxylic acids is 1. The average molecular weight is 358 g/mol. The molecule has 0 unspecified atom stereocenters. The maximum Gasteiger partial charge on any atom is 0.230 e. The summed E-state index contributed by atoms with van der Waals surface area (Å²) >= 11 is 3.10. The van der Waals surface area contributed by atoms with E-state index in [2.05, 4.69) is 21.6 Å². The van der Waals surface area contributed by atoms with Crippen molar-refractivity contribution in [2.45, 2.75) is 18.5 Å². The Morgan fingerprint density at radius 3 is 2.88 bits per heavy atom. The molecule has 5 nitrogen and oxygen atoms in total. The third kappa shape index (κ3) is 4.46. The molecule has 0 saturated heterocycles. The molecular weight excluding hydrogens is 340 g/mol. The molecule has 0 fully saturated rings. The first-order valence-electron chi connectivity index (χ1n) is 7.61. The maximum atomic E-state index is 12.0. The summed E-state index contributed by atoms with van der Waals surface area (Å²) in [4.78, 5) is 13.3. The minimum atomic E-state index is 0.00927. The van der Waals surface area contributed by atoms with Crippen molar-refractivity contribution in [3.63, 3.8) is 0 Å². The normalized spacial score (nSPS) is 10.7. The van der Waals surface area contributed by atoms with Crippen molar-refractivity contribution in [1.29, 1.82) is 0 Å². The molecule has 0 atom stereocenters. The van der Waals surface area contributed by atoms with Crippen molar-refractivity contribution in [1.82, 2.24) is 20.1 Å². The summed E-state index contributed by atoms with van der Waals surface area (Å²) in [6.45, 7) is 2.71.